The average molecular weight is 319 g/mol. The standard InChI is InChI=1S/C10H14IN3O/c1-2-10(3-4-10)5-12-8-7(11)9(15)14-6-13-8/h6H,2-5H2,1H3,(H2,12,13,14,15). The molecule has 0 saturated heterocycles. The summed E-state index contributed by atoms with van der Waals surface area (Å²) in [6.07, 6.45) is 5.21. The molecule has 1 aromatic heterocycles. The fraction of sp³-hybridized carbons (Fsp3) is 0.600. The Labute approximate surface area is 102 Å². The Balaban J connectivity index is 2.05. The summed E-state index contributed by atoms with van der Waals surface area (Å²) in [6, 6.07) is 0. The van der Waals surface area contributed by atoms with E-state index in [0.717, 1.165) is 6.54 Å². The number of anilines is 1. The van der Waals surface area contributed by atoms with Crippen LogP contribution < -0.4 is 10.9 Å². The molecule has 0 bridgehead atoms. The molecule has 0 aliphatic heterocycles. The summed E-state index contributed by atoms with van der Waals surface area (Å²) in [5.74, 6) is 0.707. The number of nitrogens with zero attached hydrogens (tertiary/aromatic N) is 1. The highest BCUT2D eigenvalue weighted by atomic mass is 127. The van der Waals surface area contributed by atoms with Crippen molar-refractivity contribution in [2.45, 2.75) is 26.2 Å². The lowest BCUT2D eigenvalue weighted by atomic mass is 10.0. The first-order chi connectivity index (χ1) is 7.17. The Bertz CT molecular complexity index is 411. The lowest BCUT2D eigenvalue weighted by molar-refractivity contribution is 0.520. The zero-order chi connectivity index (χ0) is 10.9. The molecule has 0 atom stereocenters. The van der Waals surface area contributed by atoms with Crippen molar-refractivity contribution in [1.82, 2.24) is 9.97 Å². The summed E-state index contributed by atoms with van der Waals surface area (Å²) in [6.45, 7) is 3.14. The zero-order valence-electron chi connectivity index (χ0n) is 8.64. The van der Waals surface area contributed by atoms with Crippen LogP contribution in [0, 0.1) is 8.99 Å². The third-order valence-electron chi connectivity index (χ3n) is 3.13. The second kappa shape index (κ2) is 4.11. The van der Waals surface area contributed by atoms with Gasteiger partial charge >= 0.3 is 0 Å². The molecule has 1 aliphatic carbocycles. The van der Waals surface area contributed by atoms with Crippen LogP contribution in [-0.2, 0) is 0 Å². The molecule has 1 heterocycles. The fourth-order valence-corrected chi connectivity index (χ4v) is 2.10. The number of halogens is 1. The van der Waals surface area contributed by atoms with Gasteiger partial charge in [-0.3, -0.25) is 4.79 Å². The summed E-state index contributed by atoms with van der Waals surface area (Å²) in [7, 11) is 0. The molecule has 1 saturated carbocycles. The number of aromatic nitrogens is 2. The van der Waals surface area contributed by atoms with Crippen LogP contribution in [0.2, 0.25) is 0 Å². The fourth-order valence-electron chi connectivity index (χ4n) is 1.61. The number of hydrogen-bond acceptors (Lipinski definition) is 3. The van der Waals surface area contributed by atoms with Gasteiger partial charge in [0.15, 0.2) is 0 Å². The Kier molecular flexibility index (Phi) is 2.99. The Morgan fingerprint density at radius 1 is 1.67 bits per heavy atom. The minimum atomic E-state index is -0.0746. The molecule has 2 N–H and O–H groups in total. The zero-order valence-corrected chi connectivity index (χ0v) is 10.8. The van der Waals surface area contributed by atoms with Crippen molar-refractivity contribution in [3.63, 3.8) is 0 Å². The summed E-state index contributed by atoms with van der Waals surface area (Å²) in [5.41, 5.74) is 0.391. The molecule has 5 heteroatoms. The van der Waals surface area contributed by atoms with Crippen molar-refractivity contribution < 1.29 is 0 Å². The van der Waals surface area contributed by atoms with Gasteiger partial charge in [-0.1, -0.05) is 6.92 Å². The highest BCUT2D eigenvalue weighted by molar-refractivity contribution is 14.1. The number of nitrogens with one attached hydrogen (secondary N) is 2. The largest absolute Gasteiger partial charge is 0.368 e. The van der Waals surface area contributed by atoms with E-state index in [2.05, 4.69) is 22.2 Å². The Morgan fingerprint density at radius 2 is 2.40 bits per heavy atom. The molecule has 2 rings (SSSR count). The van der Waals surface area contributed by atoms with Crippen molar-refractivity contribution in [3.05, 3.63) is 20.3 Å². The van der Waals surface area contributed by atoms with E-state index >= 15 is 0 Å². The lowest BCUT2D eigenvalue weighted by Gasteiger charge is -2.14. The molecular formula is C10H14IN3O. The van der Waals surface area contributed by atoms with E-state index in [0.29, 0.717) is 14.8 Å². The van der Waals surface area contributed by atoms with Crippen LogP contribution in [0.5, 0.6) is 0 Å². The predicted molar refractivity (Wildman–Crippen MR) is 68.0 cm³/mol. The van der Waals surface area contributed by atoms with Crippen molar-refractivity contribution in [2.24, 2.45) is 5.41 Å². The smallest absolute Gasteiger partial charge is 0.266 e. The predicted octanol–water partition coefficient (Wildman–Crippen LogP) is 1.98. The van der Waals surface area contributed by atoms with Gasteiger partial charge in [0.2, 0.25) is 0 Å². The number of H-pyrrole nitrogens is 1. The topological polar surface area (TPSA) is 57.8 Å². The number of rotatable bonds is 4. The Morgan fingerprint density at radius 3 is 3.00 bits per heavy atom. The molecule has 1 aromatic rings. The molecule has 4 nitrogen and oxygen atoms in total. The molecule has 0 spiro atoms. The molecule has 0 amide bonds. The summed E-state index contributed by atoms with van der Waals surface area (Å²) in [5, 5.41) is 3.27. The Hall–Kier alpha value is -0.590. The quantitative estimate of drug-likeness (QED) is 0.835. The third-order valence-corrected chi connectivity index (χ3v) is 4.14. The van der Waals surface area contributed by atoms with Gasteiger partial charge in [-0.2, -0.15) is 0 Å². The van der Waals surface area contributed by atoms with Gasteiger partial charge < -0.3 is 10.3 Å². The summed E-state index contributed by atoms with van der Waals surface area (Å²) < 4.78 is 0.641. The maximum absolute atomic E-state index is 11.3. The molecule has 82 valence electrons. The molecule has 0 radical (unpaired) electrons. The highest BCUT2D eigenvalue weighted by Gasteiger charge is 2.40. The maximum atomic E-state index is 11.3. The molecular weight excluding hydrogens is 305 g/mol. The molecule has 0 unspecified atom stereocenters. The molecule has 15 heavy (non-hydrogen) atoms. The minimum absolute atomic E-state index is 0.0746. The van der Waals surface area contributed by atoms with Gasteiger partial charge in [0.25, 0.3) is 5.56 Å². The number of aromatic amines is 1. The minimum Gasteiger partial charge on any atom is -0.368 e. The first kappa shape index (κ1) is 10.9. The normalized spacial score (nSPS) is 17.5. The van der Waals surface area contributed by atoms with E-state index in [9.17, 15) is 4.79 Å². The van der Waals surface area contributed by atoms with Gasteiger partial charge in [-0.25, -0.2) is 4.98 Å². The van der Waals surface area contributed by atoms with E-state index in [1.807, 2.05) is 22.6 Å². The van der Waals surface area contributed by atoms with Crippen molar-refractivity contribution in [2.75, 3.05) is 11.9 Å². The van der Waals surface area contributed by atoms with E-state index in [1.165, 1.54) is 25.6 Å². The lowest BCUT2D eigenvalue weighted by Crippen LogP contribution is -2.19. The van der Waals surface area contributed by atoms with Crippen LogP contribution in [0.1, 0.15) is 26.2 Å². The van der Waals surface area contributed by atoms with E-state index in [-0.39, 0.29) is 5.56 Å². The van der Waals surface area contributed by atoms with Crippen LogP contribution in [0.3, 0.4) is 0 Å². The van der Waals surface area contributed by atoms with Gasteiger partial charge in [-0.15, -0.1) is 0 Å². The third kappa shape index (κ3) is 2.32. The second-order valence-corrected chi connectivity index (χ2v) is 5.18. The molecule has 1 aliphatic rings. The summed E-state index contributed by atoms with van der Waals surface area (Å²) >= 11 is 2.02. The van der Waals surface area contributed by atoms with Gasteiger partial charge in [0.1, 0.15) is 9.39 Å². The maximum Gasteiger partial charge on any atom is 0.266 e. The summed E-state index contributed by atoms with van der Waals surface area (Å²) in [4.78, 5) is 18.0. The van der Waals surface area contributed by atoms with E-state index in [1.54, 1.807) is 0 Å². The van der Waals surface area contributed by atoms with Crippen molar-refractivity contribution in [3.8, 4) is 0 Å². The van der Waals surface area contributed by atoms with Crippen LogP contribution >= 0.6 is 22.6 Å². The van der Waals surface area contributed by atoms with Crippen LogP contribution in [0.25, 0.3) is 0 Å². The second-order valence-electron chi connectivity index (χ2n) is 4.10. The van der Waals surface area contributed by atoms with Gasteiger partial charge in [0, 0.05) is 6.54 Å². The average Bonchev–Trinajstić information content (AvgIpc) is 3.01. The van der Waals surface area contributed by atoms with Crippen LogP contribution in [-0.4, -0.2) is 16.5 Å². The number of hydrogen-bond donors (Lipinski definition) is 2. The molecule has 1 fully saturated rings. The SMILES string of the molecule is CCC1(CNc2nc[nH]c(=O)c2I)CC1. The monoisotopic (exact) mass is 319 g/mol. The van der Waals surface area contributed by atoms with Crippen LogP contribution in [0.15, 0.2) is 11.1 Å². The first-order valence-electron chi connectivity index (χ1n) is 5.14. The van der Waals surface area contributed by atoms with Gasteiger partial charge in [0.05, 0.1) is 6.33 Å². The van der Waals surface area contributed by atoms with Crippen molar-refractivity contribution in [1.29, 1.82) is 0 Å². The van der Waals surface area contributed by atoms with Gasteiger partial charge in [-0.05, 0) is 47.3 Å². The van der Waals surface area contributed by atoms with Crippen molar-refractivity contribution >= 4 is 28.4 Å². The molecule has 0 aromatic carbocycles. The first-order valence-corrected chi connectivity index (χ1v) is 6.22. The van der Waals surface area contributed by atoms with E-state index in [4.69, 9.17) is 0 Å². The highest BCUT2D eigenvalue weighted by Crippen LogP contribution is 2.48. The van der Waals surface area contributed by atoms with E-state index < -0.39 is 0 Å². The van der Waals surface area contributed by atoms with Crippen LogP contribution in [0.4, 0.5) is 5.82 Å².